The van der Waals surface area contributed by atoms with Crippen LogP contribution in [0.25, 0.3) is 17.1 Å². The van der Waals surface area contributed by atoms with Crippen molar-refractivity contribution >= 4 is 0 Å². The van der Waals surface area contributed by atoms with Crippen molar-refractivity contribution in [3.8, 4) is 22.8 Å². The number of aromatic hydroxyl groups is 1. The van der Waals surface area contributed by atoms with Crippen molar-refractivity contribution in [1.82, 2.24) is 14.8 Å². The smallest absolute Gasteiger partial charge is 0.153 e. The second kappa shape index (κ2) is 4.57. The second-order valence-corrected chi connectivity index (χ2v) is 4.29. The maximum atomic E-state index is 9.98. The van der Waals surface area contributed by atoms with Crippen molar-refractivity contribution in [3.63, 3.8) is 0 Å². The quantitative estimate of drug-likeness (QED) is 0.761. The van der Waals surface area contributed by atoms with Crippen LogP contribution in [0.15, 0.2) is 54.7 Å². The predicted molar refractivity (Wildman–Crippen MR) is 73.2 cm³/mol. The predicted octanol–water partition coefficient (Wildman–Crippen LogP) is 2.95. The topological polar surface area (TPSA) is 50.9 Å². The highest BCUT2D eigenvalue weighted by Crippen LogP contribution is 2.30. The van der Waals surface area contributed by atoms with Crippen LogP contribution in [0.5, 0.6) is 5.75 Å². The number of para-hydroxylation sites is 1. The van der Waals surface area contributed by atoms with Gasteiger partial charge in [0.05, 0.1) is 11.4 Å². The van der Waals surface area contributed by atoms with E-state index in [1.54, 1.807) is 23.0 Å². The third-order valence-electron chi connectivity index (χ3n) is 2.88. The molecule has 0 radical (unpaired) electrons. The summed E-state index contributed by atoms with van der Waals surface area (Å²) in [6.07, 6.45) is 1.72. The van der Waals surface area contributed by atoms with E-state index in [0.29, 0.717) is 0 Å². The molecule has 0 aliphatic rings. The minimum Gasteiger partial charge on any atom is -0.507 e. The van der Waals surface area contributed by atoms with Gasteiger partial charge in [0.25, 0.3) is 0 Å². The van der Waals surface area contributed by atoms with Gasteiger partial charge in [-0.25, -0.2) is 9.67 Å². The van der Waals surface area contributed by atoms with Gasteiger partial charge in [-0.15, -0.1) is 0 Å². The number of pyridine rings is 1. The lowest BCUT2D eigenvalue weighted by Gasteiger charge is -2.07. The van der Waals surface area contributed by atoms with Gasteiger partial charge < -0.3 is 5.11 Å². The first-order chi connectivity index (χ1) is 9.25. The van der Waals surface area contributed by atoms with Crippen LogP contribution in [0.4, 0.5) is 0 Å². The minimum absolute atomic E-state index is 0.236. The Bertz CT molecular complexity index is 704. The minimum atomic E-state index is 0.236. The van der Waals surface area contributed by atoms with Crippen LogP contribution >= 0.6 is 0 Å². The number of aryl methyl sites for hydroxylation is 1. The number of rotatable bonds is 2. The number of aromatic nitrogens is 3. The molecule has 3 aromatic rings. The average molecular weight is 251 g/mol. The fraction of sp³-hybridized carbons (Fsp3) is 0.0667. The highest BCUT2D eigenvalue weighted by atomic mass is 16.3. The summed E-state index contributed by atoms with van der Waals surface area (Å²) in [5.41, 5.74) is 2.45. The first-order valence-electron chi connectivity index (χ1n) is 6.02. The normalized spacial score (nSPS) is 10.6. The van der Waals surface area contributed by atoms with E-state index in [1.807, 2.05) is 43.3 Å². The molecule has 0 unspecified atom stereocenters. The summed E-state index contributed by atoms with van der Waals surface area (Å²) in [5.74, 6) is 0.966. The maximum absolute atomic E-state index is 9.98. The summed E-state index contributed by atoms with van der Waals surface area (Å²) in [5, 5.41) is 14.4. The Kier molecular flexibility index (Phi) is 2.76. The third kappa shape index (κ3) is 2.08. The molecule has 1 N–H and O–H groups in total. The van der Waals surface area contributed by atoms with E-state index in [4.69, 9.17) is 0 Å². The van der Waals surface area contributed by atoms with Crippen molar-refractivity contribution in [2.24, 2.45) is 0 Å². The molecule has 0 saturated heterocycles. The van der Waals surface area contributed by atoms with E-state index < -0.39 is 0 Å². The molecule has 19 heavy (non-hydrogen) atoms. The molecule has 0 aliphatic heterocycles. The van der Waals surface area contributed by atoms with Crippen molar-refractivity contribution in [2.75, 3.05) is 0 Å². The summed E-state index contributed by atoms with van der Waals surface area (Å²) in [4.78, 5) is 4.30. The van der Waals surface area contributed by atoms with E-state index in [1.165, 1.54) is 0 Å². The lowest BCUT2D eigenvalue weighted by molar-refractivity contribution is 0.477. The molecule has 94 valence electrons. The molecule has 0 saturated carbocycles. The molecule has 0 fully saturated rings. The zero-order valence-corrected chi connectivity index (χ0v) is 10.5. The molecule has 4 heteroatoms. The van der Waals surface area contributed by atoms with E-state index in [9.17, 15) is 5.11 Å². The Hall–Kier alpha value is -2.62. The monoisotopic (exact) mass is 251 g/mol. The summed E-state index contributed by atoms with van der Waals surface area (Å²) in [7, 11) is 0. The molecular weight excluding hydrogens is 238 g/mol. The Morgan fingerprint density at radius 3 is 2.58 bits per heavy atom. The van der Waals surface area contributed by atoms with Crippen LogP contribution in [-0.2, 0) is 0 Å². The Labute approximate surface area is 111 Å². The SMILES string of the molecule is Cc1cc(-c2ccccc2O)n(-c2ccccn2)n1. The lowest BCUT2D eigenvalue weighted by Crippen LogP contribution is -2.01. The van der Waals surface area contributed by atoms with Gasteiger partial charge in [0, 0.05) is 11.8 Å². The molecule has 0 aliphatic carbocycles. The highest BCUT2D eigenvalue weighted by Gasteiger charge is 2.13. The molecule has 0 spiro atoms. The second-order valence-electron chi connectivity index (χ2n) is 4.29. The summed E-state index contributed by atoms with van der Waals surface area (Å²) < 4.78 is 1.74. The number of hydrogen-bond acceptors (Lipinski definition) is 3. The zero-order valence-electron chi connectivity index (χ0n) is 10.5. The first kappa shape index (κ1) is 11.5. The fourth-order valence-electron chi connectivity index (χ4n) is 2.04. The number of phenols is 1. The molecule has 2 aromatic heterocycles. The van der Waals surface area contributed by atoms with Crippen molar-refractivity contribution < 1.29 is 5.11 Å². The summed E-state index contributed by atoms with van der Waals surface area (Å²) >= 11 is 0. The maximum Gasteiger partial charge on any atom is 0.153 e. The van der Waals surface area contributed by atoms with Crippen LogP contribution in [0.1, 0.15) is 5.69 Å². The Morgan fingerprint density at radius 1 is 1.05 bits per heavy atom. The molecule has 0 atom stereocenters. The largest absolute Gasteiger partial charge is 0.507 e. The summed E-state index contributed by atoms with van der Waals surface area (Å²) in [6.45, 7) is 1.92. The van der Waals surface area contributed by atoms with Gasteiger partial charge >= 0.3 is 0 Å². The molecular formula is C15H13N3O. The first-order valence-corrected chi connectivity index (χ1v) is 6.02. The standard InChI is InChI=1S/C15H13N3O/c1-11-10-13(12-6-2-3-7-14(12)19)18(17-11)15-8-4-5-9-16-15/h2-10,19H,1H3. The van der Waals surface area contributed by atoms with Gasteiger partial charge in [-0.2, -0.15) is 5.10 Å². The summed E-state index contributed by atoms with van der Waals surface area (Å²) in [6, 6.07) is 14.8. The Balaban J connectivity index is 2.21. The lowest BCUT2D eigenvalue weighted by atomic mass is 10.1. The van der Waals surface area contributed by atoms with Gasteiger partial charge in [-0.05, 0) is 37.3 Å². The van der Waals surface area contributed by atoms with Crippen LogP contribution in [0.2, 0.25) is 0 Å². The van der Waals surface area contributed by atoms with Crippen LogP contribution in [-0.4, -0.2) is 19.9 Å². The molecule has 0 bridgehead atoms. The van der Waals surface area contributed by atoms with E-state index in [-0.39, 0.29) is 5.75 Å². The fourth-order valence-corrected chi connectivity index (χ4v) is 2.04. The van der Waals surface area contributed by atoms with Crippen LogP contribution in [0, 0.1) is 6.92 Å². The average Bonchev–Trinajstić information content (AvgIpc) is 2.82. The molecule has 0 amide bonds. The molecule has 2 heterocycles. The van der Waals surface area contributed by atoms with E-state index >= 15 is 0 Å². The van der Waals surface area contributed by atoms with Crippen LogP contribution in [0.3, 0.4) is 0 Å². The van der Waals surface area contributed by atoms with Crippen molar-refractivity contribution in [1.29, 1.82) is 0 Å². The van der Waals surface area contributed by atoms with Gasteiger partial charge in [0.1, 0.15) is 5.75 Å². The van der Waals surface area contributed by atoms with Crippen molar-refractivity contribution in [3.05, 3.63) is 60.4 Å². The number of hydrogen-bond donors (Lipinski definition) is 1. The number of phenolic OH excluding ortho intramolecular Hbond substituents is 1. The van der Waals surface area contributed by atoms with Crippen LogP contribution < -0.4 is 0 Å². The van der Waals surface area contributed by atoms with Gasteiger partial charge in [-0.3, -0.25) is 0 Å². The number of nitrogens with zero attached hydrogens (tertiary/aromatic N) is 3. The van der Waals surface area contributed by atoms with Gasteiger partial charge in [-0.1, -0.05) is 18.2 Å². The highest BCUT2D eigenvalue weighted by molar-refractivity contribution is 5.68. The van der Waals surface area contributed by atoms with E-state index in [0.717, 1.165) is 22.8 Å². The molecule has 4 nitrogen and oxygen atoms in total. The molecule has 1 aromatic carbocycles. The third-order valence-corrected chi connectivity index (χ3v) is 2.88. The van der Waals surface area contributed by atoms with Gasteiger partial charge in [0.2, 0.25) is 0 Å². The zero-order chi connectivity index (χ0) is 13.2. The Morgan fingerprint density at radius 2 is 1.84 bits per heavy atom. The van der Waals surface area contributed by atoms with E-state index in [2.05, 4.69) is 10.1 Å². The number of benzene rings is 1. The van der Waals surface area contributed by atoms with Crippen molar-refractivity contribution in [2.45, 2.75) is 6.92 Å². The molecule has 3 rings (SSSR count). The van der Waals surface area contributed by atoms with Gasteiger partial charge in [0.15, 0.2) is 5.82 Å².